The summed E-state index contributed by atoms with van der Waals surface area (Å²) in [7, 11) is 0. The number of carbonyl (C=O) groups is 1. The van der Waals surface area contributed by atoms with Crippen LogP contribution in [0.2, 0.25) is 0 Å². The summed E-state index contributed by atoms with van der Waals surface area (Å²) in [5.74, 6) is 1.47. The zero-order valence-corrected chi connectivity index (χ0v) is 14.2. The predicted molar refractivity (Wildman–Crippen MR) is 95.6 cm³/mol. The quantitative estimate of drug-likeness (QED) is 0.708. The van der Waals surface area contributed by atoms with Crippen molar-refractivity contribution in [1.82, 2.24) is 15.0 Å². The van der Waals surface area contributed by atoms with Crippen LogP contribution in [0.5, 0.6) is 5.75 Å². The molecule has 1 atom stereocenters. The second kappa shape index (κ2) is 7.39. The van der Waals surface area contributed by atoms with Crippen LogP contribution < -0.4 is 4.74 Å². The van der Waals surface area contributed by atoms with Crippen LogP contribution in [0.25, 0.3) is 11.1 Å². The van der Waals surface area contributed by atoms with Crippen molar-refractivity contribution in [2.75, 3.05) is 19.7 Å². The molecule has 0 radical (unpaired) electrons. The number of hydrogen-bond donors (Lipinski definition) is 0. The Hall–Kier alpha value is -3.15. The van der Waals surface area contributed by atoms with Gasteiger partial charge in [-0.25, -0.2) is 0 Å². The first-order valence-corrected chi connectivity index (χ1v) is 8.62. The fourth-order valence-corrected chi connectivity index (χ4v) is 3.17. The molecule has 0 spiro atoms. The number of rotatable bonds is 5. The van der Waals surface area contributed by atoms with E-state index >= 15 is 0 Å². The van der Waals surface area contributed by atoms with Crippen molar-refractivity contribution in [1.29, 1.82) is 0 Å². The van der Waals surface area contributed by atoms with E-state index in [0.29, 0.717) is 24.7 Å². The van der Waals surface area contributed by atoms with Gasteiger partial charge >= 0.3 is 0 Å². The Labute approximate surface area is 151 Å². The molecule has 1 aliphatic rings. The summed E-state index contributed by atoms with van der Waals surface area (Å²) < 4.78 is 10.4. The lowest BCUT2D eigenvalue weighted by Gasteiger charge is -2.16. The van der Waals surface area contributed by atoms with Gasteiger partial charge in [-0.2, -0.15) is 4.98 Å². The van der Waals surface area contributed by atoms with Crippen LogP contribution in [0.3, 0.4) is 0 Å². The van der Waals surface area contributed by atoms with Gasteiger partial charge in [-0.3, -0.25) is 4.79 Å². The summed E-state index contributed by atoms with van der Waals surface area (Å²) in [6.07, 6.45) is 2.17. The Morgan fingerprint density at radius 1 is 1.12 bits per heavy atom. The summed E-state index contributed by atoms with van der Waals surface area (Å²) in [5, 5.41) is 3.86. The first-order chi connectivity index (χ1) is 12.8. The molecule has 0 saturated carbocycles. The average molecular weight is 349 g/mol. The van der Waals surface area contributed by atoms with Gasteiger partial charge < -0.3 is 14.2 Å². The number of benzene rings is 2. The summed E-state index contributed by atoms with van der Waals surface area (Å²) in [4.78, 5) is 18.2. The molecule has 2 heterocycles. The minimum absolute atomic E-state index is 0.0249. The fraction of sp³-hybridized carbons (Fsp3) is 0.250. The lowest BCUT2D eigenvalue weighted by Crippen LogP contribution is -2.32. The second-order valence-electron chi connectivity index (χ2n) is 6.29. The number of ether oxygens (including phenoxy) is 1. The zero-order valence-electron chi connectivity index (χ0n) is 14.2. The van der Waals surface area contributed by atoms with Crippen LogP contribution in [0.15, 0.2) is 65.5 Å². The minimum atomic E-state index is -0.0249. The van der Waals surface area contributed by atoms with Gasteiger partial charge in [0.1, 0.15) is 5.75 Å². The zero-order chi connectivity index (χ0) is 17.8. The molecular formula is C20H19N3O3. The van der Waals surface area contributed by atoms with Crippen LogP contribution in [0.4, 0.5) is 0 Å². The monoisotopic (exact) mass is 349 g/mol. The molecule has 0 unspecified atom stereocenters. The van der Waals surface area contributed by atoms with Gasteiger partial charge in [-0.15, -0.1) is 0 Å². The second-order valence-corrected chi connectivity index (χ2v) is 6.29. The number of amides is 1. The van der Waals surface area contributed by atoms with Gasteiger partial charge in [0.05, 0.1) is 0 Å². The Morgan fingerprint density at radius 3 is 2.62 bits per heavy atom. The molecule has 0 bridgehead atoms. The molecular weight excluding hydrogens is 330 g/mol. The highest BCUT2D eigenvalue weighted by Crippen LogP contribution is 2.25. The summed E-state index contributed by atoms with van der Waals surface area (Å²) in [6, 6.07) is 17.9. The summed E-state index contributed by atoms with van der Waals surface area (Å²) in [5.41, 5.74) is 2.27. The first-order valence-electron chi connectivity index (χ1n) is 8.62. The van der Waals surface area contributed by atoms with Crippen LogP contribution in [0.1, 0.15) is 18.2 Å². The molecule has 132 valence electrons. The topological polar surface area (TPSA) is 68.5 Å². The van der Waals surface area contributed by atoms with Crippen LogP contribution in [0, 0.1) is 0 Å². The molecule has 4 rings (SSSR count). The third kappa shape index (κ3) is 3.59. The SMILES string of the molecule is O=C(COc1ccc(-c2ccccc2)cc1)N1CC[C@H](c2ncon2)C1. The smallest absolute Gasteiger partial charge is 0.260 e. The van der Waals surface area contributed by atoms with Gasteiger partial charge in [0.15, 0.2) is 12.4 Å². The van der Waals surface area contributed by atoms with Crippen LogP contribution in [-0.2, 0) is 4.79 Å². The number of likely N-dealkylation sites (tertiary alicyclic amines) is 1. The van der Waals surface area contributed by atoms with E-state index < -0.39 is 0 Å². The van der Waals surface area contributed by atoms with Gasteiger partial charge in [-0.1, -0.05) is 47.6 Å². The number of hydrogen-bond acceptors (Lipinski definition) is 5. The highest BCUT2D eigenvalue weighted by Gasteiger charge is 2.29. The standard InChI is InChI=1S/C20H19N3O3/c24-19(23-11-10-17(12-23)20-21-14-26-22-20)13-25-18-8-6-16(7-9-18)15-4-2-1-3-5-15/h1-9,14,17H,10-13H2/t17-/m0/s1. The minimum Gasteiger partial charge on any atom is -0.484 e. The first kappa shape index (κ1) is 16.3. The maximum atomic E-state index is 12.4. The Kier molecular flexibility index (Phi) is 4.64. The van der Waals surface area contributed by atoms with Gasteiger partial charge in [-0.05, 0) is 29.7 Å². The summed E-state index contributed by atoms with van der Waals surface area (Å²) in [6.45, 7) is 1.33. The molecule has 1 aromatic heterocycles. The van der Waals surface area contributed by atoms with E-state index in [1.165, 1.54) is 6.39 Å². The van der Waals surface area contributed by atoms with E-state index in [4.69, 9.17) is 9.26 Å². The molecule has 6 heteroatoms. The Balaban J connectivity index is 1.31. The van der Waals surface area contributed by atoms with Gasteiger partial charge in [0.2, 0.25) is 6.39 Å². The van der Waals surface area contributed by atoms with Crippen molar-refractivity contribution in [3.63, 3.8) is 0 Å². The van der Waals surface area contributed by atoms with Crippen molar-refractivity contribution in [3.8, 4) is 16.9 Å². The third-order valence-corrected chi connectivity index (χ3v) is 4.61. The third-order valence-electron chi connectivity index (χ3n) is 4.61. The molecule has 26 heavy (non-hydrogen) atoms. The molecule has 6 nitrogen and oxygen atoms in total. The van der Waals surface area contributed by atoms with Crippen molar-refractivity contribution in [2.24, 2.45) is 0 Å². The summed E-state index contributed by atoms with van der Waals surface area (Å²) >= 11 is 0. The Bertz CT molecular complexity index is 848. The van der Waals surface area contributed by atoms with Gasteiger partial charge in [0, 0.05) is 19.0 Å². The highest BCUT2D eigenvalue weighted by atomic mass is 16.5. The molecule has 1 aliphatic heterocycles. The average Bonchev–Trinajstić information content (AvgIpc) is 3.39. The normalized spacial score (nSPS) is 16.6. The molecule has 1 amide bonds. The van der Waals surface area contributed by atoms with E-state index in [1.54, 1.807) is 4.90 Å². The largest absolute Gasteiger partial charge is 0.484 e. The fourth-order valence-electron chi connectivity index (χ4n) is 3.17. The van der Waals surface area contributed by atoms with E-state index in [2.05, 4.69) is 22.3 Å². The molecule has 0 aliphatic carbocycles. The van der Waals surface area contributed by atoms with E-state index in [1.807, 2.05) is 42.5 Å². The number of carbonyl (C=O) groups excluding carboxylic acids is 1. The molecule has 0 N–H and O–H groups in total. The lowest BCUT2D eigenvalue weighted by molar-refractivity contribution is -0.132. The number of aromatic nitrogens is 2. The maximum absolute atomic E-state index is 12.4. The predicted octanol–water partition coefficient (Wildman–Crippen LogP) is 3.13. The highest BCUT2D eigenvalue weighted by molar-refractivity contribution is 5.78. The van der Waals surface area contributed by atoms with Crippen LogP contribution >= 0.6 is 0 Å². The van der Waals surface area contributed by atoms with Crippen LogP contribution in [-0.4, -0.2) is 40.6 Å². The molecule has 1 fully saturated rings. The molecule has 1 saturated heterocycles. The van der Waals surface area contributed by atoms with Crippen molar-refractivity contribution < 1.29 is 14.1 Å². The molecule has 3 aromatic rings. The lowest BCUT2D eigenvalue weighted by atomic mass is 10.1. The molecule has 2 aromatic carbocycles. The van der Waals surface area contributed by atoms with E-state index in [-0.39, 0.29) is 18.4 Å². The van der Waals surface area contributed by atoms with E-state index in [0.717, 1.165) is 17.5 Å². The van der Waals surface area contributed by atoms with E-state index in [9.17, 15) is 4.79 Å². The Morgan fingerprint density at radius 2 is 1.88 bits per heavy atom. The maximum Gasteiger partial charge on any atom is 0.260 e. The van der Waals surface area contributed by atoms with Crippen molar-refractivity contribution >= 4 is 5.91 Å². The number of nitrogens with zero attached hydrogens (tertiary/aromatic N) is 3. The van der Waals surface area contributed by atoms with Gasteiger partial charge in [0.25, 0.3) is 5.91 Å². The van der Waals surface area contributed by atoms with Crippen molar-refractivity contribution in [3.05, 3.63) is 66.8 Å². The van der Waals surface area contributed by atoms with Crippen molar-refractivity contribution in [2.45, 2.75) is 12.3 Å².